The van der Waals surface area contributed by atoms with Crippen LogP contribution in [-0.2, 0) is 97.7 Å². The summed E-state index contributed by atoms with van der Waals surface area (Å²) in [5.41, 5.74) is 23.4. The molecule has 4 heterocycles. The molecule has 1 unspecified atom stereocenters. The zero-order valence-electron chi connectivity index (χ0n) is 62.1. The Morgan fingerprint density at radius 3 is 1.89 bits per heavy atom. The molecule has 0 radical (unpaired) electrons. The van der Waals surface area contributed by atoms with E-state index in [0.717, 1.165) is 11.8 Å². The zero-order valence-corrected chi connectivity index (χ0v) is 63.9. The summed E-state index contributed by atoms with van der Waals surface area (Å²) in [5.74, 6) is -18.5. The maximum atomic E-state index is 15.1. The number of rotatable bonds is 27. The molecular weight excluding hydrogens is 1540 g/mol. The van der Waals surface area contributed by atoms with Gasteiger partial charge in [0.25, 0.3) is 0 Å². The number of phenolic OH excluding ortho intramolecular Hbond substituents is 1. The highest BCUT2D eigenvalue weighted by atomic mass is 32.1. The lowest BCUT2D eigenvalue weighted by Gasteiger charge is -2.31. The molecule has 0 saturated carbocycles. The number of carboxylic acids is 2. The number of nitrogens with zero attached hydrogens (tertiary/aromatic N) is 4. The van der Waals surface area contributed by atoms with Gasteiger partial charge in [-0.05, 0) is 107 Å². The maximum absolute atomic E-state index is 15.1. The molecule has 2 bridgehead atoms. The molecule has 114 heavy (non-hydrogen) atoms. The van der Waals surface area contributed by atoms with Crippen molar-refractivity contribution in [1.82, 2.24) is 94.0 Å². The number of nitrogens with two attached hydrogens (primary N) is 4. The first-order valence-corrected chi connectivity index (χ1v) is 37.7. The smallest absolute Gasteiger partial charge is 0.326 e. The first-order chi connectivity index (χ1) is 54.2. The van der Waals surface area contributed by atoms with Crippen LogP contribution in [0.25, 0.3) is 10.9 Å². The van der Waals surface area contributed by atoms with Crippen molar-refractivity contribution in [2.75, 3.05) is 37.7 Å². The number of urea groups is 1. The van der Waals surface area contributed by atoms with Crippen molar-refractivity contribution >= 4 is 137 Å². The molecule has 2 aromatic heterocycles. The van der Waals surface area contributed by atoms with E-state index < -0.39 is 211 Å². The van der Waals surface area contributed by atoms with Crippen LogP contribution in [0.3, 0.4) is 0 Å². The molecule has 2 aromatic carbocycles. The predicted molar refractivity (Wildman–Crippen MR) is 410 cm³/mol. The van der Waals surface area contributed by atoms with Crippen LogP contribution in [0.4, 0.5) is 4.79 Å². The van der Waals surface area contributed by atoms with Gasteiger partial charge in [0.05, 0.1) is 24.8 Å². The Balaban J connectivity index is 1.46. The quantitative estimate of drug-likeness (QED) is 0.0114. The number of aliphatic carboxylic acids is 2. The first-order valence-electron chi connectivity index (χ1n) is 36.5. The van der Waals surface area contributed by atoms with Gasteiger partial charge in [0.1, 0.15) is 78.3 Å². The number of benzene rings is 2. The van der Waals surface area contributed by atoms with Crippen LogP contribution in [0.15, 0.2) is 60.9 Å². The molecule has 622 valence electrons. The number of aliphatic hydroxyl groups is 1. The predicted octanol–water partition coefficient (Wildman–Crippen LogP) is -7.26. The van der Waals surface area contributed by atoms with Crippen LogP contribution in [0, 0.1) is 5.41 Å². The van der Waals surface area contributed by atoms with Gasteiger partial charge in [-0.15, -0.1) is 5.10 Å². The van der Waals surface area contributed by atoms with Crippen molar-refractivity contribution in [1.29, 1.82) is 5.41 Å². The number of aromatic hydroxyl groups is 1. The van der Waals surface area contributed by atoms with E-state index in [9.17, 15) is 92.3 Å². The third-order valence-corrected chi connectivity index (χ3v) is 19.1. The molecule has 43 nitrogen and oxygen atoms in total. The maximum Gasteiger partial charge on any atom is 0.326 e. The van der Waals surface area contributed by atoms with E-state index in [1.165, 1.54) is 35.1 Å². The van der Waals surface area contributed by atoms with Gasteiger partial charge >= 0.3 is 18.0 Å². The molecule has 2 aliphatic heterocycles. The average Bonchev–Trinajstić information content (AvgIpc) is 1.65. The van der Waals surface area contributed by atoms with Crippen LogP contribution < -0.4 is 92.1 Å². The molecule has 27 N–H and O–H groups in total. The second kappa shape index (κ2) is 45.0. The van der Waals surface area contributed by atoms with Crippen LogP contribution in [0.5, 0.6) is 5.75 Å². The van der Waals surface area contributed by atoms with E-state index in [1.807, 2.05) is 0 Å². The molecule has 1 saturated heterocycles. The number of aryl methyl sites for hydroxylation is 2. The second-order valence-corrected chi connectivity index (χ2v) is 27.8. The number of thiol groups is 2. The topological polar surface area (TPSA) is 688 Å². The number of guanidine groups is 1. The lowest BCUT2D eigenvalue weighted by molar-refractivity contribution is -0.146. The van der Waals surface area contributed by atoms with E-state index in [4.69, 9.17) is 28.3 Å². The molecule has 0 aliphatic carbocycles. The van der Waals surface area contributed by atoms with E-state index in [1.54, 1.807) is 30.5 Å². The molecule has 45 heteroatoms. The summed E-state index contributed by atoms with van der Waals surface area (Å²) in [6, 6.07) is -9.08. The number of hydrogen-bond donors (Lipinski definition) is 25. The van der Waals surface area contributed by atoms with Crippen LogP contribution in [0.1, 0.15) is 101 Å². The van der Waals surface area contributed by atoms with Crippen molar-refractivity contribution in [3.63, 3.8) is 0 Å². The number of phenols is 1. The molecule has 4 aromatic rings. The number of aromatic amines is 1. The lowest BCUT2D eigenvalue weighted by atomic mass is 10.0. The number of amides is 15. The van der Waals surface area contributed by atoms with Gasteiger partial charge in [0, 0.05) is 80.2 Å². The summed E-state index contributed by atoms with van der Waals surface area (Å²) in [6.07, 6.45) is -3.54. The number of carboxylic acid groups (broad SMARTS) is 2. The molecule has 6 rings (SSSR count). The first kappa shape index (κ1) is 91.0. The lowest BCUT2D eigenvalue weighted by Crippen LogP contribution is -2.62. The van der Waals surface area contributed by atoms with Crippen molar-refractivity contribution in [2.45, 2.75) is 188 Å². The zero-order chi connectivity index (χ0) is 83.9. The van der Waals surface area contributed by atoms with Gasteiger partial charge in [-0.2, -0.15) is 25.3 Å². The number of carbonyl (C=O) groups is 16. The van der Waals surface area contributed by atoms with Gasteiger partial charge in [-0.3, -0.25) is 77.2 Å². The highest BCUT2D eigenvalue weighted by Crippen LogP contribution is 2.23. The largest absolute Gasteiger partial charge is 0.508 e. The number of H-pyrrole nitrogens is 1. The molecule has 0 spiro atoms. The van der Waals surface area contributed by atoms with Gasteiger partial charge in [0.15, 0.2) is 5.96 Å². The molecular formula is C69H99N23O20S2. The van der Waals surface area contributed by atoms with Crippen LogP contribution in [0.2, 0.25) is 0 Å². The monoisotopic (exact) mass is 1630 g/mol. The number of para-hydroxylation sites is 1. The second-order valence-electron chi connectivity index (χ2n) is 27.1. The SMILES string of the molecule is C[C@@H](O)[C@@H]1NC(=O)[C@@H](NC(=O)[C@H](CS)NC(=O)CN)CCc2cn(nn2)CCCC(C(=O)N[C@@H](Cc2ccc(O)cc2)C(=O)O)NC(=O)[C@H](CCC(N)=O)NC(=O)[C@H](Cc2c[nH]c3ccccc23)NC(=O)[C@H](CCCNC(N)=O)NC(=O)[C@H](CS)NC(=O)[C@H](CCCNC(=N)N)NC(=O)[C@@H]2CCCN2C(=O)[C@H](CC(=O)O)NC1=O. The van der Waals surface area contributed by atoms with E-state index >= 15 is 4.79 Å². The number of hydrogen-bond acceptors (Lipinski definition) is 24. The molecule has 1 fully saturated rings. The Morgan fingerprint density at radius 2 is 1.27 bits per heavy atom. The number of aliphatic hydroxyl groups excluding tert-OH is 1. The summed E-state index contributed by atoms with van der Waals surface area (Å²) in [5, 5.41) is 90.3. The van der Waals surface area contributed by atoms with Gasteiger partial charge in [-0.1, -0.05) is 35.5 Å². The Morgan fingerprint density at radius 1 is 0.675 bits per heavy atom. The van der Waals surface area contributed by atoms with Gasteiger partial charge in [-0.25, -0.2) is 9.59 Å². The third-order valence-electron chi connectivity index (χ3n) is 18.4. The van der Waals surface area contributed by atoms with Gasteiger partial charge in [0.2, 0.25) is 76.8 Å². The number of fused-ring (bicyclic) bond motifs is 4. The van der Waals surface area contributed by atoms with Gasteiger partial charge < -0.3 is 122 Å². The summed E-state index contributed by atoms with van der Waals surface area (Å²) in [6.45, 7) is -0.0531. The molecule has 15 amide bonds. The number of aromatic nitrogens is 4. The Hall–Kier alpha value is -11.9. The molecule has 13 atom stereocenters. The minimum Gasteiger partial charge on any atom is -0.508 e. The summed E-state index contributed by atoms with van der Waals surface area (Å²) < 4.78 is 1.27. The number of nitrogens with one attached hydrogen (secondary N) is 15. The highest BCUT2D eigenvalue weighted by Gasteiger charge is 2.43. The minimum atomic E-state index is -2.03. The highest BCUT2D eigenvalue weighted by molar-refractivity contribution is 7.80. The fourth-order valence-corrected chi connectivity index (χ4v) is 12.9. The third kappa shape index (κ3) is 28.7. The fraction of sp³-hybridized carbons (Fsp3) is 0.522. The van der Waals surface area contributed by atoms with Crippen LogP contribution >= 0.6 is 25.3 Å². The molecule has 2 aliphatic rings. The minimum absolute atomic E-state index is 0.00218. The Kier molecular flexibility index (Phi) is 35.9. The van der Waals surface area contributed by atoms with Crippen molar-refractivity contribution in [3.8, 4) is 5.75 Å². The number of primary amides is 2. The summed E-state index contributed by atoms with van der Waals surface area (Å²) in [7, 11) is 0. The van der Waals surface area contributed by atoms with E-state index in [-0.39, 0.29) is 120 Å². The normalized spacial score (nSPS) is 22.5. The van der Waals surface area contributed by atoms with Crippen LogP contribution in [-0.4, -0.2) is 262 Å². The van der Waals surface area contributed by atoms with Crippen molar-refractivity contribution in [2.24, 2.45) is 22.9 Å². The standard InChI is InChI=1S/C69H99N23O20S2/c1-34(93)55-65(108)85-47(28-54(97)98)66(109)92-25-7-13-51(92)64(107)83-42(10-4-22-75-68(72)73)58(101)87-50(33-114)63(106)80-41(11-5-23-76-69(74)112)56(99)84-46(27-36-30-77-40-9-3-2-8-39(36)40)61(104)81-45(20-21-52(71)95)59(102)79-43(57(100)86-48(67(110)111)26-35-14-17-38(94)18-15-35)12-6-24-91-31-37(89-90-91)16-19-44(60(103)88-55)82-62(105)49(32-113)78-53(96)29-70/h2-3,8-9,14-15,17-18,30-31,34,41-51,55,77,93-94,113-114H,4-7,10-13,16,19-29,32-33,70H2,1H3,(H2,71,95)(H,78,96)(H,79,102)(H,80,106)(H,81,104)(H,82,105)(H,83,107)(H,84,99)(H,85,108)(H,86,100)(H,87,101)(H,88,103)(H,97,98)(H,110,111)(H4,72,73,75)(H3,74,76,112)/t34-,41+,42+,43?,44+,45+,46+,47+,48+,49+,50+,51+,55+/m1/s1. The summed E-state index contributed by atoms with van der Waals surface area (Å²) >= 11 is 8.49. The van der Waals surface area contributed by atoms with E-state index in [0.29, 0.717) is 22.0 Å². The fourth-order valence-electron chi connectivity index (χ4n) is 12.4. The number of carbonyl (C=O) groups excluding carboxylic acids is 14. The Labute approximate surface area is 663 Å². The van der Waals surface area contributed by atoms with E-state index in [2.05, 4.69) is 110 Å². The summed E-state index contributed by atoms with van der Waals surface area (Å²) in [4.78, 5) is 227. The average molecular weight is 1630 g/mol. The Bertz CT molecular complexity index is 4110. The van der Waals surface area contributed by atoms with Crippen molar-refractivity contribution < 1.29 is 97.1 Å². The van der Waals surface area contributed by atoms with Crippen molar-refractivity contribution in [3.05, 3.63) is 77.7 Å².